The Morgan fingerprint density at radius 3 is 2.14 bits per heavy atom. The van der Waals surface area contributed by atoms with Crippen LogP contribution in [0, 0.1) is 42.8 Å². The molecule has 1 N–H and O–H groups in total. The molecule has 0 amide bonds. The van der Waals surface area contributed by atoms with Crippen molar-refractivity contribution < 1.29 is 42.8 Å². The van der Waals surface area contributed by atoms with Crippen LogP contribution >= 0.6 is 0 Å². The minimum absolute atomic E-state index is 0.679. The molecule has 0 heterocycles. The molecular weight excluding hydrogens is 374 g/mol. The zero-order valence-electron chi connectivity index (χ0n) is 5.50. The molecule has 0 saturated carbocycles. The summed E-state index contributed by atoms with van der Waals surface area (Å²) in [5.41, 5.74) is 1.46. The van der Waals surface area contributed by atoms with Gasteiger partial charge in [-0.3, -0.25) is 0 Å². The second kappa shape index (κ2) is 5.59. The molecule has 0 aromatic rings. The van der Waals surface area contributed by atoms with Gasteiger partial charge in [-0.25, -0.2) is 0 Å². The van der Waals surface area contributed by atoms with Crippen molar-refractivity contribution in [2.75, 3.05) is 7.05 Å². The number of hydrogen-bond donors (Lipinski definition) is 1. The van der Waals surface area contributed by atoms with Crippen LogP contribution in [-0.4, -0.2) is 62.6 Å². The molecule has 0 aliphatic heterocycles. The summed E-state index contributed by atoms with van der Waals surface area (Å²) < 4.78 is 1.79. The fourth-order valence-corrected chi connectivity index (χ4v) is 1.89. The summed E-state index contributed by atoms with van der Waals surface area (Å²) in [4.78, 5) is 0. The van der Waals surface area contributed by atoms with Gasteiger partial charge in [-0.1, -0.05) is 0 Å². The summed E-state index contributed by atoms with van der Waals surface area (Å²) >= 11 is 1.49. The summed E-state index contributed by atoms with van der Waals surface area (Å²) in [5, 5.41) is 3.15. The fraction of sp³-hybridized carbons (Fsp3) is 0.500. The number of nitrogens with one attached hydrogen (secondary N) is 1. The SMILES string of the molecule is CN/C(C)=[C](\[Rb])[RaH]. The Morgan fingerprint density at radius 1 is 1.71 bits per heavy atom. The van der Waals surface area contributed by atoms with Crippen molar-refractivity contribution in [1.29, 1.82) is 0 Å². The van der Waals surface area contributed by atoms with Gasteiger partial charge in [0.2, 0.25) is 0 Å². The van der Waals surface area contributed by atoms with Crippen LogP contribution < -0.4 is 5.32 Å². The van der Waals surface area contributed by atoms with E-state index in [0.29, 0.717) is 42.8 Å². The first kappa shape index (κ1) is 9.81. The quantitative estimate of drug-likeness (QED) is 0.666. The van der Waals surface area contributed by atoms with E-state index in [4.69, 9.17) is 0 Å². The van der Waals surface area contributed by atoms with Crippen molar-refractivity contribution in [2.24, 2.45) is 0 Å². The van der Waals surface area contributed by atoms with Gasteiger partial charge in [0.15, 0.2) is 0 Å². The van der Waals surface area contributed by atoms with E-state index < -0.39 is 0 Å². The van der Waals surface area contributed by atoms with Crippen LogP contribution in [0.4, 0.5) is 0 Å². The molecule has 0 fully saturated rings. The van der Waals surface area contributed by atoms with Crippen molar-refractivity contribution in [2.45, 2.75) is 6.92 Å². The Kier molecular flexibility index (Phi) is 7.83. The first-order chi connectivity index (χ1) is 3.18. The summed E-state index contributed by atoms with van der Waals surface area (Å²) in [6.45, 7) is 2.17. The maximum atomic E-state index is 3.15. The van der Waals surface area contributed by atoms with Gasteiger partial charge in [-0.2, -0.15) is 0 Å². The monoisotopic (exact) mass is 381 g/mol. The number of rotatable bonds is 1. The van der Waals surface area contributed by atoms with Crippen LogP contribution in [0.25, 0.3) is 0 Å². The number of allylic oxidation sites excluding steroid dienone is 1. The van der Waals surface area contributed by atoms with Gasteiger partial charge in [-0.05, 0) is 0 Å². The molecule has 0 spiro atoms. The zero-order chi connectivity index (χ0) is 5.86. The van der Waals surface area contributed by atoms with Crippen LogP contribution in [0.1, 0.15) is 6.92 Å². The number of hydrogen-bond acceptors (Lipinski definition) is 1. The Labute approximate surface area is 113 Å². The van der Waals surface area contributed by atoms with Gasteiger partial charge < -0.3 is 0 Å². The third-order valence-corrected chi connectivity index (χ3v) is 6.05. The second-order valence-corrected chi connectivity index (χ2v) is 31.9. The molecule has 0 aliphatic rings. The molecule has 0 rings (SSSR count). The van der Waals surface area contributed by atoms with E-state index >= 15 is 0 Å². The molecule has 1 nitrogen and oxygen atoms in total. The molecule has 0 bridgehead atoms. The average Bonchev–Trinajstić information content (AvgIpc) is 1.65. The van der Waals surface area contributed by atoms with Gasteiger partial charge >= 0.3 is 117 Å². The van der Waals surface area contributed by atoms with Crippen LogP contribution in [-0.2, 0) is 0 Å². The van der Waals surface area contributed by atoms with Crippen molar-refractivity contribution >= 4 is 55.5 Å². The van der Waals surface area contributed by atoms with Crippen LogP contribution in [0.2, 0.25) is 0 Å². The van der Waals surface area contributed by atoms with Crippen molar-refractivity contribution in [3.8, 4) is 0 Å². The normalized spacial score (nSPS) is 13.0. The van der Waals surface area contributed by atoms with Gasteiger partial charge in [-0.15, -0.1) is 0 Å². The minimum atomic E-state index is 0.679. The third kappa shape index (κ3) is 5.27. The molecule has 0 aromatic heterocycles. The molecule has 0 atom stereocenters. The van der Waals surface area contributed by atoms with Crippen LogP contribution in [0.3, 0.4) is 0 Å². The molecule has 0 aromatic carbocycles. The standard InChI is InChI=1S/C4H7N.Ra.Rb.H/c1-4(2)5-3;;;/h5H,1,3H3;;;. The molecule has 7 heavy (non-hydrogen) atoms. The van der Waals surface area contributed by atoms with E-state index in [-0.39, 0.29) is 0 Å². The van der Waals surface area contributed by atoms with Crippen LogP contribution in [0.5, 0.6) is 0 Å². The Morgan fingerprint density at radius 2 is 2.14 bits per heavy atom. The topological polar surface area (TPSA) is 12.0 Å². The van der Waals surface area contributed by atoms with E-state index in [1.807, 2.05) is 7.05 Å². The van der Waals surface area contributed by atoms with E-state index in [2.05, 4.69) is 12.2 Å². The molecule has 0 saturated heterocycles. The van der Waals surface area contributed by atoms with Crippen molar-refractivity contribution in [3.63, 3.8) is 0 Å². The second-order valence-electron chi connectivity index (χ2n) is 1.88. The van der Waals surface area contributed by atoms with E-state index in [1.54, 1.807) is -6.32 Å². The molecule has 3 heteroatoms. The molecule has 32 valence electrons. The summed E-state index contributed by atoms with van der Waals surface area (Å²) in [6, 6.07) is 0. The van der Waals surface area contributed by atoms with E-state index in [0.717, 1.165) is 55.5 Å². The van der Waals surface area contributed by atoms with Gasteiger partial charge in [0.25, 0.3) is 0 Å². The summed E-state index contributed by atoms with van der Waals surface area (Å²) in [7, 11) is 2.00. The summed E-state index contributed by atoms with van der Waals surface area (Å²) in [5.74, 6) is 0. The maximum absolute atomic E-state index is 3.15. The zero-order valence-corrected chi connectivity index (χ0v) is 18.6. The van der Waals surface area contributed by atoms with Crippen molar-refractivity contribution in [3.05, 3.63) is -0.620 Å². The van der Waals surface area contributed by atoms with E-state index in [1.165, 1.54) is 5.70 Å². The van der Waals surface area contributed by atoms with Gasteiger partial charge in [0.1, 0.15) is 0 Å². The first-order valence-electron chi connectivity index (χ1n) is 2.50. The van der Waals surface area contributed by atoms with Crippen LogP contribution in [0.15, 0.2) is -0.620 Å². The molecule has 0 unspecified atom stereocenters. The third-order valence-electron chi connectivity index (χ3n) is 1.12. The van der Waals surface area contributed by atoms with E-state index in [9.17, 15) is 0 Å². The predicted octanol–water partition coefficient (Wildman–Crippen LogP) is -0.155. The first-order valence-corrected chi connectivity index (χ1v) is 9.07. The predicted molar refractivity (Wildman–Crippen MR) is 28.9 cm³/mol. The molecule has 0 radical (unpaired) electrons. The Bertz CT molecular complexity index is 85.7. The van der Waals surface area contributed by atoms with Gasteiger partial charge in [0, 0.05) is 0 Å². The fourth-order valence-electron chi connectivity index (χ4n) is 0.250. The Balaban J connectivity index is 3.72. The Hall–Kier alpha value is 2.81. The molecular formula is C4H8NRaRb. The average molecular weight is 382 g/mol. The van der Waals surface area contributed by atoms with Gasteiger partial charge in [0.05, 0.1) is 0 Å². The summed E-state index contributed by atoms with van der Waals surface area (Å²) in [6.07, 6.45) is 0. The van der Waals surface area contributed by atoms with Crippen molar-refractivity contribution in [1.82, 2.24) is 5.32 Å². The molecule has 0 aliphatic carbocycles.